The summed E-state index contributed by atoms with van der Waals surface area (Å²) in [5.41, 5.74) is 5.63. The maximum absolute atomic E-state index is 12.1. The van der Waals surface area contributed by atoms with Crippen LogP contribution in [0.15, 0.2) is 12.2 Å². The third-order valence-corrected chi connectivity index (χ3v) is 4.50. The highest BCUT2D eigenvalue weighted by molar-refractivity contribution is 5.87. The fourth-order valence-corrected chi connectivity index (χ4v) is 3.41. The Kier molecular flexibility index (Phi) is 6.41. The van der Waals surface area contributed by atoms with Gasteiger partial charge in [-0.25, -0.2) is 4.79 Å². The number of esters is 1. The molecule has 0 spiro atoms. The van der Waals surface area contributed by atoms with Crippen LogP contribution in [-0.4, -0.2) is 43.5 Å². The van der Waals surface area contributed by atoms with Gasteiger partial charge in [-0.15, -0.1) is 0 Å². The van der Waals surface area contributed by atoms with Crippen LogP contribution in [0.5, 0.6) is 0 Å². The largest absolute Gasteiger partial charge is 0.455 e. The first-order valence-electron chi connectivity index (χ1n) is 8.37. The SMILES string of the molecule is C=C(C)C(=O)OC(CCN)(CC1CCCO1)CC1CCCO1. The summed E-state index contributed by atoms with van der Waals surface area (Å²) in [6.07, 6.45) is 6.48. The van der Waals surface area contributed by atoms with E-state index in [2.05, 4.69) is 6.58 Å². The van der Waals surface area contributed by atoms with E-state index in [4.69, 9.17) is 19.9 Å². The molecule has 2 heterocycles. The minimum atomic E-state index is -0.602. The fourth-order valence-electron chi connectivity index (χ4n) is 3.41. The zero-order chi connectivity index (χ0) is 16.0. The van der Waals surface area contributed by atoms with Crippen LogP contribution in [0.25, 0.3) is 0 Å². The summed E-state index contributed by atoms with van der Waals surface area (Å²) in [5.74, 6) is -0.343. The van der Waals surface area contributed by atoms with Crippen LogP contribution >= 0.6 is 0 Å². The predicted octanol–water partition coefficient (Wildman–Crippen LogP) is 2.33. The zero-order valence-electron chi connectivity index (χ0n) is 13.6. The Morgan fingerprint density at radius 2 is 1.77 bits per heavy atom. The lowest BCUT2D eigenvalue weighted by Gasteiger charge is -2.37. The first-order valence-corrected chi connectivity index (χ1v) is 8.37. The van der Waals surface area contributed by atoms with Crippen molar-refractivity contribution in [2.75, 3.05) is 19.8 Å². The van der Waals surface area contributed by atoms with Crippen molar-refractivity contribution in [3.8, 4) is 0 Å². The van der Waals surface area contributed by atoms with E-state index in [1.807, 2.05) is 0 Å². The number of nitrogens with two attached hydrogens (primary N) is 1. The van der Waals surface area contributed by atoms with Crippen molar-refractivity contribution in [1.82, 2.24) is 0 Å². The Morgan fingerprint density at radius 1 is 1.23 bits per heavy atom. The summed E-state index contributed by atoms with van der Waals surface area (Å²) in [7, 11) is 0. The Hall–Kier alpha value is -0.910. The smallest absolute Gasteiger partial charge is 0.333 e. The molecule has 2 aliphatic rings. The van der Waals surface area contributed by atoms with E-state index in [1.54, 1.807) is 6.92 Å². The topological polar surface area (TPSA) is 70.8 Å². The normalized spacial score (nSPS) is 27.5. The van der Waals surface area contributed by atoms with E-state index in [9.17, 15) is 4.79 Å². The first-order chi connectivity index (χ1) is 10.5. The highest BCUT2D eigenvalue weighted by Crippen LogP contribution is 2.35. The molecule has 0 bridgehead atoms. The molecule has 0 aromatic rings. The van der Waals surface area contributed by atoms with Gasteiger partial charge in [0.15, 0.2) is 0 Å². The minimum absolute atomic E-state index is 0.144. The molecule has 126 valence electrons. The van der Waals surface area contributed by atoms with E-state index in [1.165, 1.54) is 0 Å². The van der Waals surface area contributed by atoms with Gasteiger partial charge in [-0.3, -0.25) is 0 Å². The molecule has 2 saturated heterocycles. The number of hydrogen-bond donors (Lipinski definition) is 1. The average molecular weight is 311 g/mol. The van der Waals surface area contributed by atoms with E-state index >= 15 is 0 Å². The predicted molar refractivity (Wildman–Crippen MR) is 84.5 cm³/mol. The Morgan fingerprint density at radius 3 is 2.14 bits per heavy atom. The van der Waals surface area contributed by atoms with Gasteiger partial charge < -0.3 is 19.9 Å². The number of carbonyl (C=O) groups excluding carboxylic acids is 1. The van der Waals surface area contributed by atoms with Crippen LogP contribution in [0.3, 0.4) is 0 Å². The molecule has 0 aromatic heterocycles. The minimum Gasteiger partial charge on any atom is -0.455 e. The van der Waals surface area contributed by atoms with Crippen LogP contribution in [0.2, 0.25) is 0 Å². The van der Waals surface area contributed by atoms with Gasteiger partial charge in [-0.1, -0.05) is 6.58 Å². The number of hydrogen-bond acceptors (Lipinski definition) is 5. The molecule has 2 unspecified atom stereocenters. The lowest BCUT2D eigenvalue weighted by atomic mass is 9.85. The van der Waals surface area contributed by atoms with Crippen molar-refractivity contribution in [2.24, 2.45) is 5.73 Å². The second-order valence-corrected chi connectivity index (χ2v) is 6.57. The summed E-state index contributed by atoms with van der Waals surface area (Å²) in [6, 6.07) is 0. The number of rotatable bonds is 8. The highest BCUT2D eigenvalue weighted by Gasteiger charge is 2.40. The maximum Gasteiger partial charge on any atom is 0.333 e. The Bertz CT molecular complexity index is 366. The summed E-state index contributed by atoms with van der Waals surface area (Å²) in [4.78, 5) is 12.1. The van der Waals surface area contributed by atoms with Gasteiger partial charge in [-0.05, 0) is 45.6 Å². The molecule has 2 aliphatic heterocycles. The van der Waals surface area contributed by atoms with Crippen LogP contribution < -0.4 is 5.73 Å². The Labute approximate surface area is 133 Å². The van der Waals surface area contributed by atoms with Gasteiger partial charge in [-0.2, -0.15) is 0 Å². The van der Waals surface area contributed by atoms with Crippen LogP contribution in [0, 0.1) is 0 Å². The van der Waals surface area contributed by atoms with Crippen LogP contribution in [0.4, 0.5) is 0 Å². The zero-order valence-corrected chi connectivity index (χ0v) is 13.6. The third kappa shape index (κ3) is 4.80. The molecule has 0 amide bonds. The molecule has 2 fully saturated rings. The van der Waals surface area contributed by atoms with Crippen molar-refractivity contribution < 1.29 is 19.0 Å². The molecule has 5 heteroatoms. The van der Waals surface area contributed by atoms with Crippen molar-refractivity contribution in [2.45, 2.75) is 69.7 Å². The molecule has 2 atom stereocenters. The van der Waals surface area contributed by atoms with Gasteiger partial charge in [0.1, 0.15) is 5.60 Å². The van der Waals surface area contributed by atoms with E-state index < -0.39 is 5.60 Å². The monoisotopic (exact) mass is 311 g/mol. The van der Waals surface area contributed by atoms with Gasteiger partial charge >= 0.3 is 5.97 Å². The maximum atomic E-state index is 12.1. The average Bonchev–Trinajstić information content (AvgIpc) is 3.12. The molecule has 2 rings (SSSR count). The standard InChI is InChI=1S/C17H29NO4/c1-13(2)16(19)22-17(7-8-18,11-14-5-3-9-20-14)12-15-6-4-10-21-15/h14-15H,1,3-12,18H2,2H3. The number of carbonyl (C=O) groups is 1. The van der Waals surface area contributed by atoms with Gasteiger partial charge in [0.2, 0.25) is 0 Å². The van der Waals surface area contributed by atoms with Crippen LogP contribution in [0.1, 0.15) is 51.9 Å². The fraction of sp³-hybridized carbons (Fsp3) is 0.824. The van der Waals surface area contributed by atoms with Gasteiger partial charge in [0, 0.05) is 31.6 Å². The quantitative estimate of drug-likeness (QED) is 0.550. The molecule has 0 aromatic carbocycles. The molecule has 5 nitrogen and oxygen atoms in total. The lowest BCUT2D eigenvalue weighted by molar-refractivity contribution is -0.163. The Balaban J connectivity index is 2.12. The van der Waals surface area contributed by atoms with E-state index in [0.717, 1.165) is 38.9 Å². The van der Waals surface area contributed by atoms with Gasteiger partial charge in [0.05, 0.1) is 12.2 Å². The summed E-state index contributed by atoms with van der Waals surface area (Å²) < 4.78 is 17.4. The second kappa shape index (κ2) is 8.09. The molecular formula is C17H29NO4. The van der Waals surface area contributed by atoms with Gasteiger partial charge in [0.25, 0.3) is 0 Å². The second-order valence-electron chi connectivity index (χ2n) is 6.57. The first kappa shape index (κ1) is 17.4. The summed E-state index contributed by atoms with van der Waals surface area (Å²) in [5, 5.41) is 0. The summed E-state index contributed by atoms with van der Waals surface area (Å²) in [6.45, 7) is 7.42. The molecule has 0 radical (unpaired) electrons. The van der Waals surface area contributed by atoms with E-state index in [0.29, 0.717) is 31.4 Å². The molecule has 0 aliphatic carbocycles. The highest BCUT2D eigenvalue weighted by atomic mass is 16.6. The van der Waals surface area contributed by atoms with Crippen molar-refractivity contribution in [3.63, 3.8) is 0 Å². The third-order valence-electron chi connectivity index (χ3n) is 4.50. The van der Waals surface area contributed by atoms with Crippen molar-refractivity contribution >= 4 is 5.97 Å². The molecule has 0 saturated carbocycles. The number of ether oxygens (including phenoxy) is 3. The summed E-state index contributed by atoms with van der Waals surface area (Å²) >= 11 is 0. The molecular weight excluding hydrogens is 282 g/mol. The van der Waals surface area contributed by atoms with Crippen molar-refractivity contribution in [1.29, 1.82) is 0 Å². The lowest BCUT2D eigenvalue weighted by Crippen LogP contribution is -2.43. The van der Waals surface area contributed by atoms with E-state index in [-0.39, 0.29) is 18.2 Å². The van der Waals surface area contributed by atoms with Crippen molar-refractivity contribution in [3.05, 3.63) is 12.2 Å². The molecule has 22 heavy (non-hydrogen) atoms. The molecule has 2 N–H and O–H groups in total. The van der Waals surface area contributed by atoms with Crippen LogP contribution in [-0.2, 0) is 19.0 Å².